The molecule has 1 aliphatic carbocycles. The monoisotopic (exact) mass is 627 g/mol. The number of hydrogen-bond acceptors (Lipinski definition) is 7. The van der Waals surface area contributed by atoms with Crippen LogP contribution in [0, 0.1) is 11.3 Å². The lowest BCUT2D eigenvalue weighted by molar-refractivity contribution is -0.184. The zero-order valence-corrected chi connectivity index (χ0v) is 26.4. The maximum atomic E-state index is 13.9. The molecule has 3 atom stereocenters. The van der Waals surface area contributed by atoms with Crippen molar-refractivity contribution in [3.05, 3.63) is 53.3 Å². The van der Waals surface area contributed by atoms with Crippen molar-refractivity contribution in [3.8, 4) is 0 Å². The van der Waals surface area contributed by atoms with Crippen LogP contribution in [-0.2, 0) is 20.6 Å². The third-order valence-electron chi connectivity index (χ3n) is 10.9. The van der Waals surface area contributed by atoms with Crippen molar-refractivity contribution in [3.63, 3.8) is 0 Å². The first kappa shape index (κ1) is 30.9. The minimum Gasteiger partial charge on any atom is -0.357 e. The molecule has 3 fully saturated rings. The summed E-state index contributed by atoms with van der Waals surface area (Å²) in [4.78, 5) is 8.74. The molecular formula is C34H44F3N5O3. The van der Waals surface area contributed by atoms with Gasteiger partial charge in [-0.25, -0.2) is 9.67 Å². The lowest BCUT2D eigenvalue weighted by atomic mass is 9.57. The van der Waals surface area contributed by atoms with Crippen LogP contribution >= 0.6 is 0 Å². The van der Waals surface area contributed by atoms with Gasteiger partial charge in [0.2, 0.25) is 0 Å². The highest BCUT2D eigenvalue weighted by atomic mass is 19.4. The normalized spacial score (nSPS) is 26.0. The Bertz CT molecular complexity index is 1470. The van der Waals surface area contributed by atoms with E-state index in [4.69, 9.17) is 24.3 Å². The molecule has 3 aliphatic heterocycles. The van der Waals surface area contributed by atoms with Crippen LogP contribution < -0.4 is 4.90 Å². The molecule has 4 aliphatic rings. The van der Waals surface area contributed by atoms with E-state index in [1.54, 1.807) is 25.3 Å². The first-order valence-electron chi connectivity index (χ1n) is 16.4. The van der Waals surface area contributed by atoms with E-state index in [0.717, 1.165) is 91.4 Å². The molecule has 2 aromatic heterocycles. The number of methoxy groups -OCH3 is 2. The van der Waals surface area contributed by atoms with Gasteiger partial charge in [0.25, 0.3) is 0 Å². The summed E-state index contributed by atoms with van der Waals surface area (Å²) in [6.07, 6.45) is 7.10. The molecule has 8 nitrogen and oxygen atoms in total. The van der Waals surface area contributed by atoms with E-state index >= 15 is 0 Å². The van der Waals surface area contributed by atoms with E-state index in [1.807, 2.05) is 42.1 Å². The summed E-state index contributed by atoms with van der Waals surface area (Å²) in [6.45, 7) is 3.47. The average molecular weight is 628 g/mol. The predicted molar refractivity (Wildman–Crippen MR) is 165 cm³/mol. The SMILES string of the molecule is COC(OC)C1CC2(CCN(c3ccc(C4c5ccc6c(cnn6C6CCCCO6)c5C[C@@H](C)N4CC(F)(F)F)cn3)CC2)C1. The number of fused-ring (bicyclic) bond motifs is 3. The van der Waals surface area contributed by atoms with Gasteiger partial charge in [0, 0.05) is 57.5 Å². The Balaban J connectivity index is 1.14. The van der Waals surface area contributed by atoms with E-state index in [-0.39, 0.29) is 18.6 Å². The number of anilines is 1. The predicted octanol–water partition coefficient (Wildman–Crippen LogP) is 6.64. The molecular weight excluding hydrogens is 583 g/mol. The lowest BCUT2D eigenvalue weighted by Crippen LogP contribution is -2.50. The summed E-state index contributed by atoms with van der Waals surface area (Å²) in [7, 11) is 3.40. The van der Waals surface area contributed by atoms with Gasteiger partial charge in [0.1, 0.15) is 5.82 Å². The van der Waals surface area contributed by atoms with Crippen LogP contribution in [0.3, 0.4) is 0 Å². The average Bonchev–Trinajstić information content (AvgIpc) is 3.46. The molecule has 2 saturated heterocycles. The van der Waals surface area contributed by atoms with Gasteiger partial charge >= 0.3 is 6.18 Å². The molecule has 0 amide bonds. The van der Waals surface area contributed by atoms with Crippen LogP contribution in [0.2, 0.25) is 0 Å². The molecule has 5 heterocycles. The zero-order valence-electron chi connectivity index (χ0n) is 26.4. The number of nitrogens with zero attached hydrogens (tertiary/aromatic N) is 5. The summed E-state index contributed by atoms with van der Waals surface area (Å²) in [6, 6.07) is 7.10. The van der Waals surface area contributed by atoms with E-state index in [9.17, 15) is 13.2 Å². The van der Waals surface area contributed by atoms with E-state index < -0.39 is 18.8 Å². The summed E-state index contributed by atoms with van der Waals surface area (Å²) in [5, 5.41) is 5.70. The molecule has 0 radical (unpaired) electrons. The van der Waals surface area contributed by atoms with E-state index in [2.05, 4.69) is 4.90 Å². The number of aromatic nitrogens is 3. The fraction of sp³-hybridized carbons (Fsp3) is 0.647. The fourth-order valence-electron chi connectivity index (χ4n) is 8.59. The molecule has 1 aromatic carbocycles. The summed E-state index contributed by atoms with van der Waals surface area (Å²) in [5.74, 6) is 1.33. The second-order valence-corrected chi connectivity index (χ2v) is 13.7. The van der Waals surface area contributed by atoms with E-state index in [1.165, 1.54) is 0 Å². The highest BCUT2D eigenvalue weighted by Crippen LogP contribution is 2.54. The highest BCUT2D eigenvalue weighted by molar-refractivity contribution is 5.84. The Kier molecular flexibility index (Phi) is 8.33. The fourth-order valence-corrected chi connectivity index (χ4v) is 8.59. The van der Waals surface area contributed by atoms with Gasteiger partial charge < -0.3 is 19.1 Å². The quantitative estimate of drug-likeness (QED) is 0.272. The molecule has 1 saturated carbocycles. The molecule has 0 bridgehead atoms. The molecule has 0 N–H and O–H groups in total. The van der Waals surface area contributed by atoms with Gasteiger partial charge in [-0.2, -0.15) is 18.3 Å². The maximum absolute atomic E-state index is 13.9. The van der Waals surface area contributed by atoms with Crippen molar-refractivity contribution in [2.45, 2.75) is 89.1 Å². The van der Waals surface area contributed by atoms with Crippen molar-refractivity contribution in [2.75, 3.05) is 45.4 Å². The third-order valence-corrected chi connectivity index (χ3v) is 10.9. The summed E-state index contributed by atoms with van der Waals surface area (Å²) < 4.78 is 60.8. The van der Waals surface area contributed by atoms with Gasteiger partial charge in [-0.1, -0.05) is 12.1 Å². The standard InChI is InChI=1S/C34H44F3N5O3/c1-22-16-26-25(8-9-28-27(26)20-39-42(28)30-6-4-5-15-45-30)31(41(22)21-34(35,36)37)23-7-10-29(38-19-23)40-13-11-33(12-14-40)17-24(18-33)32(43-2)44-3/h7-10,19-20,22,24,30-32H,4-6,11-18,21H2,1-3H3/t22-,30?,31?/m1/s1. The molecule has 7 rings (SSSR count). The number of halogens is 3. The number of pyridine rings is 1. The number of hydrogen-bond donors (Lipinski definition) is 0. The van der Waals surface area contributed by atoms with Crippen molar-refractivity contribution in [2.24, 2.45) is 11.3 Å². The summed E-state index contributed by atoms with van der Waals surface area (Å²) in [5.41, 5.74) is 4.06. The first-order chi connectivity index (χ1) is 21.7. The maximum Gasteiger partial charge on any atom is 0.401 e. The van der Waals surface area contributed by atoms with Crippen molar-refractivity contribution < 1.29 is 27.4 Å². The number of benzene rings is 1. The number of piperidine rings is 1. The topological polar surface area (TPSA) is 64.9 Å². The second-order valence-electron chi connectivity index (χ2n) is 13.7. The molecule has 45 heavy (non-hydrogen) atoms. The minimum absolute atomic E-state index is 0.104. The van der Waals surface area contributed by atoms with Crippen LogP contribution in [0.5, 0.6) is 0 Å². The largest absolute Gasteiger partial charge is 0.401 e. The van der Waals surface area contributed by atoms with Crippen LogP contribution in [0.4, 0.5) is 19.0 Å². The van der Waals surface area contributed by atoms with Gasteiger partial charge in [-0.15, -0.1) is 0 Å². The van der Waals surface area contributed by atoms with Crippen molar-refractivity contribution in [1.29, 1.82) is 0 Å². The number of alkyl halides is 3. The minimum atomic E-state index is -4.32. The zero-order chi connectivity index (χ0) is 31.3. The van der Waals surface area contributed by atoms with Gasteiger partial charge in [0.05, 0.1) is 24.3 Å². The van der Waals surface area contributed by atoms with Gasteiger partial charge in [-0.3, -0.25) is 4.90 Å². The van der Waals surface area contributed by atoms with Gasteiger partial charge in [-0.05, 0) is 92.5 Å². The summed E-state index contributed by atoms with van der Waals surface area (Å²) >= 11 is 0. The second kappa shape index (κ2) is 12.1. The number of ether oxygens (including phenoxy) is 3. The van der Waals surface area contributed by atoms with Crippen LogP contribution in [0.1, 0.15) is 80.8 Å². The van der Waals surface area contributed by atoms with E-state index in [0.29, 0.717) is 24.4 Å². The van der Waals surface area contributed by atoms with Crippen LogP contribution in [-0.4, -0.2) is 78.6 Å². The molecule has 11 heteroatoms. The lowest BCUT2D eigenvalue weighted by Gasteiger charge is -2.53. The Hall–Kier alpha value is -2.73. The molecule has 3 aromatic rings. The smallest absolute Gasteiger partial charge is 0.357 e. The first-order valence-corrected chi connectivity index (χ1v) is 16.4. The molecule has 2 unspecified atom stereocenters. The number of rotatable bonds is 7. The molecule has 1 spiro atoms. The van der Waals surface area contributed by atoms with Crippen LogP contribution in [0.15, 0.2) is 36.7 Å². The highest BCUT2D eigenvalue weighted by Gasteiger charge is 2.49. The van der Waals surface area contributed by atoms with Crippen LogP contribution in [0.25, 0.3) is 10.9 Å². The Morgan fingerprint density at radius 3 is 2.47 bits per heavy atom. The third kappa shape index (κ3) is 5.85. The van der Waals surface area contributed by atoms with Crippen molar-refractivity contribution in [1.82, 2.24) is 19.7 Å². The Morgan fingerprint density at radius 2 is 1.82 bits per heavy atom. The van der Waals surface area contributed by atoms with Crippen molar-refractivity contribution >= 4 is 16.7 Å². The van der Waals surface area contributed by atoms with Gasteiger partial charge in [0.15, 0.2) is 12.5 Å². The Morgan fingerprint density at radius 1 is 1.04 bits per heavy atom. The molecule has 244 valence electrons. The Labute approximate surface area is 262 Å².